The Balaban J connectivity index is 1.28. The smallest absolute Gasteiger partial charge is 0.226 e. The number of nitrogens with one attached hydrogen (secondary N) is 1. The van der Waals surface area contributed by atoms with Gasteiger partial charge in [0.1, 0.15) is 0 Å². The summed E-state index contributed by atoms with van der Waals surface area (Å²) in [4.78, 5) is 19.0. The molecule has 4 rings (SSSR count). The maximum atomic E-state index is 12.3. The number of aromatic nitrogens is 1. The van der Waals surface area contributed by atoms with E-state index in [0.717, 1.165) is 38.2 Å². The van der Waals surface area contributed by atoms with Gasteiger partial charge in [-0.05, 0) is 54.7 Å². The highest BCUT2D eigenvalue weighted by Gasteiger charge is 2.21. The average molecular weight is 400 g/mol. The van der Waals surface area contributed by atoms with Crippen molar-refractivity contribution in [2.24, 2.45) is 0 Å². The third-order valence-electron chi connectivity index (χ3n) is 5.71. The summed E-state index contributed by atoms with van der Waals surface area (Å²) in [7, 11) is 0. The Morgan fingerprint density at radius 2 is 1.77 bits per heavy atom. The van der Waals surface area contributed by atoms with Crippen molar-refractivity contribution in [2.45, 2.75) is 38.8 Å². The number of carbonyl (C=O) groups is 1. The summed E-state index contributed by atoms with van der Waals surface area (Å²) in [5.41, 5.74) is 5.98. The lowest BCUT2D eigenvalue weighted by Gasteiger charge is -2.32. The van der Waals surface area contributed by atoms with Gasteiger partial charge in [0.15, 0.2) is 0 Å². The lowest BCUT2D eigenvalue weighted by molar-refractivity contribution is -0.121. The highest BCUT2D eigenvalue weighted by atomic mass is 16.1. The zero-order valence-corrected chi connectivity index (χ0v) is 17.6. The van der Waals surface area contributed by atoms with Gasteiger partial charge in [-0.1, -0.05) is 54.1 Å². The predicted molar refractivity (Wildman–Crippen MR) is 121 cm³/mol. The Morgan fingerprint density at radius 1 is 1.00 bits per heavy atom. The quantitative estimate of drug-likeness (QED) is 0.669. The van der Waals surface area contributed by atoms with Gasteiger partial charge in [0.05, 0.1) is 6.42 Å². The Hall–Kier alpha value is -2.98. The molecule has 2 aromatic carbocycles. The number of benzene rings is 2. The monoisotopic (exact) mass is 399 g/mol. The van der Waals surface area contributed by atoms with Crippen LogP contribution in [0.4, 0.5) is 0 Å². The SMILES string of the molecule is Cc1cccc(-c2cccc(CN3CCC(NC(=O)Cc4ccccn4)CC3)c2)c1. The Kier molecular flexibility index (Phi) is 6.55. The van der Waals surface area contributed by atoms with Crippen molar-refractivity contribution < 1.29 is 4.79 Å². The van der Waals surface area contributed by atoms with Gasteiger partial charge in [0.25, 0.3) is 0 Å². The minimum Gasteiger partial charge on any atom is -0.353 e. The van der Waals surface area contributed by atoms with Gasteiger partial charge in [-0.2, -0.15) is 0 Å². The van der Waals surface area contributed by atoms with Crippen molar-refractivity contribution in [2.75, 3.05) is 13.1 Å². The predicted octanol–water partition coefficient (Wildman–Crippen LogP) is 4.38. The fourth-order valence-corrected chi connectivity index (χ4v) is 4.11. The van der Waals surface area contributed by atoms with Crippen LogP contribution in [0.3, 0.4) is 0 Å². The van der Waals surface area contributed by atoms with Crippen molar-refractivity contribution in [3.8, 4) is 11.1 Å². The van der Waals surface area contributed by atoms with E-state index in [1.807, 2.05) is 18.2 Å². The molecule has 0 radical (unpaired) electrons. The molecule has 2 heterocycles. The minimum absolute atomic E-state index is 0.0676. The molecule has 1 N–H and O–H groups in total. The lowest BCUT2D eigenvalue weighted by Crippen LogP contribution is -2.44. The van der Waals surface area contributed by atoms with Crippen LogP contribution in [0.5, 0.6) is 0 Å². The molecule has 0 aliphatic carbocycles. The molecule has 1 saturated heterocycles. The molecule has 4 heteroatoms. The number of likely N-dealkylation sites (tertiary alicyclic amines) is 1. The molecule has 1 aliphatic rings. The summed E-state index contributed by atoms with van der Waals surface area (Å²) in [6, 6.07) is 23.4. The van der Waals surface area contributed by atoms with Crippen molar-refractivity contribution in [3.05, 3.63) is 89.7 Å². The third-order valence-corrected chi connectivity index (χ3v) is 5.71. The molecule has 154 valence electrons. The first kappa shape index (κ1) is 20.3. The summed E-state index contributed by atoms with van der Waals surface area (Å²) in [6.07, 6.45) is 4.07. The van der Waals surface area contributed by atoms with E-state index in [1.165, 1.54) is 22.3 Å². The maximum absolute atomic E-state index is 12.3. The van der Waals surface area contributed by atoms with E-state index in [9.17, 15) is 4.79 Å². The van der Waals surface area contributed by atoms with Crippen molar-refractivity contribution in [1.29, 1.82) is 0 Å². The van der Waals surface area contributed by atoms with E-state index in [4.69, 9.17) is 0 Å². The van der Waals surface area contributed by atoms with Gasteiger partial charge in [0, 0.05) is 37.6 Å². The number of piperidine rings is 1. The van der Waals surface area contributed by atoms with Crippen LogP contribution in [0.2, 0.25) is 0 Å². The fourth-order valence-electron chi connectivity index (χ4n) is 4.11. The number of pyridine rings is 1. The summed E-state index contributed by atoms with van der Waals surface area (Å²) >= 11 is 0. The van der Waals surface area contributed by atoms with Crippen molar-refractivity contribution >= 4 is 5.91 Å². The Bertz CT molecular complexity index is 978. The van der Waals surface area contributed by atoms with Crippen LogP contribution in [0, 0.1) is 6.92 Å². The van der Waals surface area contributed by atoms with Crippen LogP contribution < -0.4 is 5.32 Å². The number of hydrogen-bond acceptors (Lipinski definition) is 3. The maximum Gasteiger partial charge on any atom is 0.226 e. The summed E-state index contributed by atoms with van der Waals surface area (Å²) in [6.45, 7) is 5.09. The molecule has 4 nitrogen and oxygen atoms in total. The van der Waals surface area contributed by atoms with Crippen LogP contribution in [0.25, 0.3) is 11.1 Å². The van der Waals surface area contributed by atoms with Crippen LogP contribution in [-0.2, 0) is 17.8 Å². The van der Waals surface area contributed by atoms with E-state index in [1.54, 1.807) is 6.20 Å². The van der Waals surface area contributed by atoms with E-state index in [-0.39, 0.29) is 11.9 Å². The van der Waals surface area contributed by atoms with Crippen molar-refractivity contribution in [3.63, 3.8) is 0 Å². The van der Waals surface area contributed by atoms with Gasteiger partial charge in [0.2, 0.25) is 5.91 Å². The number of hydrogen-bond donors (Lipinski definition) is 1. The highest BCUT2D eigenvalue weighted by Crippen LogP contribution is 2.23. The minimum atomic E-state index is 0.0676. The summed E-state index contributed by atoms with van der Waals surface area (Å²) in [5, 5.41) is 3.18. The molecule has 1 amide bonds. The molecule has 1 aliphatic heterocycles. The van der Waals surface area contributed by atoms with Crippen LogP contribution >= 0.6 is 0 Å². The first-order valence-corrected chi connectivity index (χ1v) is 10.7. The van der Waals surface area contributed by atoms with Gasteiger partial charge >= 0.3 is 0 Å². The first-order chi connectivity index (χ1) is 14.7. The van der Waals surface area contributed by atoms with E-state index in [0.29, 0.717) is 6.42 Å². The second-order valence-electron chi connectivity index (χ2n) is 8.19. The van der Waals surface area contributed by atoms with Gasteiger partial charge in [-0.3, -0.25) is 14.7 Å². The van der Waals surface area contributed by atoms with Gasteiger partial charge in [-0.25, -0.2) is 0 Å². The molecule has 0 saturated carbocycles. The largest absolute Gasteiger partial charge is 0.353 e. The fraction of sp³-hybridized carbons (Fsp3) is 0.308. The second-order valence-corrected chi connectivity index (χ2v) is 8.19. The number of carbonyl (C=O) groups excluding carboxylic acids is 1. The van der Waals surface area contributed by atoms with Crippen LogP contribution in [0.1, 0.15) is 29.7 Å². The van der Waals surface area contributed by atoms with Crippen LogP contribution in [0.15, 0.2) is 72.9 Å². The molecular weight excluding hydrogens is 370 g/mol. The molecular formula is C26H29N3O. The molecule has 30 heavy (non-hydrogen) atoms. The highest BCUT2D eigenvalue weighted by molar-refractivity contribution is 5.78. The lowest BCUT2D eigenvalue weighted by atomic mass is 10.00. The second kappa shape index (κ2) is 9.68. The van der Waals surface area contributed by atoms with E-state index < -0.39 is 0 Å². The molecule has 1 aromatic heterocycles. The summed E-state index contributed by atoms with van der Waals surface area (Å²) in [5.74, 6) is 0.0676. The number of rotatable bonds is 6. The van der Waals surface area contributed by atoms with Crippen molar-refractivity contribution in [1.82, 2.24) is 15.2 Å². The molecule has 0 unspecified atom stereocenters. The summed E-state index contributed by atoms with van der Waals surface area (Å²) < 4.78 is 0. The first-order valence-electron chi connectivity index (χ1n) is 10.7. The molecule has 0 atom stereocenters. The van der Waals surface area contributed by atoms with E-state index >= 15 is 0 Å². The molecule has 3 aromatic rings. The Morgan fingerprint density at radius 3 is 2.50 bits per heavy atom. The number of amides is 1. The normalized spacial score (nSPS) is 15.1. The third kappa shape index (κ3) is 5.55. The number of nitrogens with zero attached hydrogens (tertiary/aromatic N) is 2. The molecule has 1 fully saturated rings. The van der Waals surface area contributed by atoms with E-state index in [2.05, 4.69) is 70.7 Å². The van der Waals surface area contributed by atoms with Gasteiger partial charge < -0.3 is 5.32 Å². The molecule has 0 spiro atoms. The van der Waals surface area contributed by atoms with Gasteiger partial charge in [-0.15, -0.1) is 0 Å². The Labute approximate surface area is 179 Å². The average Bonchev–Trinajstić information content (AvgIpc) is 2.76. The molecule has 0 bridgehead atoms. The van der Waals surface area contributed by atoms with Crippen LogP contribution in [-0.4, -0.2) is 34.9 Å². The zero-order valence-electron chi connectivity index (χ0n) is 17.6. The zero-order chi connectivity index (χ0) is 20.8. The topological polar surface area (TPSA) is 45.2 Å². The number of aryl methyl sites for hydroxylation is 1. The standard InChI is InChI=1S/C26H29N3O/c1-20-6-4-8-22(16-20)23-9-5-7-21(17-23)19-29-14-11-24(12-15-29)28-26(30)18-25-10-2-3-13-27-25/h2-10,13,16-17,24H,11-12,14-15,18-19H2,1H3,(H,28,30).